The molecule has 2 aromatic rings. The number of thiazole rings is 1. The molecule has 2 heterocycles. The molecule has 0 aliphatic carbocycles. The van der Waals surface area contributed by atoms with Crippen molar-refractivity contribution >= 4 is 38.0 Å². The number of hydrogen-bond donors (Lipinski definition) is 0. The van der Waals surface area contributed by atoms with Gasteiger partial charge in [-0.3, -0.25) is 0 Å². The largest absolute Gasteiger partial charge is 0.358 e. The first-order valence-corrected chi connectivity index (χ1v) is 6.12. The summed E-state index contributed by atoms with van der Waals surface area (Å²) in [6.07, 6.45) is 2.23. The van der Waals surface area contributed by atoms with E-state index >= 15 is 0 Å². The van der Waals surface area contributed by atoms with Crippen LogP contribution in [0.1, 0.15) is 12.6 Å². The zero-order valence-corrected chi connectivity index (χ0v) is 10.3. The average Bonchev–Trinajstić information content (AvgIpc) is 2.60. The molecule has 0 amide bonds. The molecule has 1 atom stereocenters. The minimum absolute atomic E-state index is 0.0811. The highest BCUT2D eigenvalue weighted by Crippen LogP contribution is 2.25. The first kappa shape index (κ1) is 10.6. The molecule has 0 aromatic carbocycles. The smallest absolute Gasteiger partial charge is 0.351 e. The number of nitrogens with zero attached hydrogens (tertiary/aromatic N) is 3. The topological polar surface area (TPSA) is 60.4 Å². The van der Waals surface area contributed by atoms with E-state index in [-0.39, 0.29) is 15.6 Å². The normalized spacial score (nSPS) is 13.2. The Morgan fingerprint density at radius 3 is 3.13 bits per heavy atom. The fourth-order valence-corrected chi connectivity index (χ4v) is 2.45. The predicted molar refractivity (Wildman–Crippen MR) is 61.8 cm³/mol. The van der Waals surface area contributed by atoms with Crippen molar-refractivity contribution < 1.29 is 4.92 Å². The van der Waals surface area contributed by atoms with Crippen molar-refractivity contribution in [2.45, 2.75) is 18.2 Å². The van der Waals surface area contributed by atoms with Gasteiger partial charge in [0.15, 0.2) is 0 Å². The van der Waals surface area contributed by atoms with Crippen molar-refractivity contribution in [1.29, 1.82) is 0 Å². The molecule has 15 heavy (non-hydrogen) atoms. The second-order valence-electron chi connectivity index (χ2n) is 3.18. The highest BCUT2D eigenvalue weighted by atomic mass is 79.9. The fraction of sp³-hybridized carbons (Fsp3) is 0.375. The molecular weight excluding hydrogens is 282 g/mol. The average molecular weight is 290 g/mol. The lowest BCUT2D eigenvalue weighted by Crippen LogP contribution is -2.02. The molecule has 0 bridgehead atoms. The van der Waals surface area contributed by atoms with E-state index in [0.717, 1.165) is 0 Å². The van der Waals surface area contributed by atoms with Gasteiger partial charge in [0, 0.05) is 16.6 Å². The Bertz CT molecular complexity index is 505. The molecule has 0 saturated heterocycles. The number of halogens is 1. The standard InChI is InChI=1S/C8H8BrN3O2S/c1-5(9)4-6-7(12(13)14)11-2-3-15-8(11)10-6/h2-3,5H,4H2,1H3. The van der Waals surface area contributed by atoms with Crippen LogP contribution in [-0.4, -0.2) is 19.1 Å². The number of nitro groups is 1. The quantitative estimate of drug-likeness (QED) is 0.496. The third-order valence-electron chi connectivity index (χ3n) is 1.95. The first-order valence-electron chi connectivity index (χ1n) is 4.32. The lowest BCUT2D eigenvalue weighted by Gasteiger charge is -1.99. The lowest BCUT2D eigenvalue weighted by molar-refractivity contribution is -0.391. The van der Waals surface area contributed by atoms with Crippen molar-refractivity contribution in [2.75, 3.05) is 0 Å². The van der Waals surface area contributed by atoms with E-state index in [1.165, 1.54) is 15.7 Å². The summed E-state index contributed by atoms with van der Waals surface area (Å²) in [6, 6.07) is 0. The van der Waals surface area contributed by atoms with Gasteiger partial charge in [0.2, 0.25) is 0 Å². The van der Waals surface area contributed by atoms with E-state index in [9.17, 15) is 10.1 Å². The molecule has 0 N–H and O–H groups in total. The SMILES string of the molecule is CC(Br)Cc1nc2sccn2c1[N+](=O)[O-]. The van der Waals surface area contributed by atoms with E-state index in [0.29, 0.717) is 17.1 Å². The van der Waals surface area contributed by atoms with Crippen LogP contribution in [0.3, 0.4) is 0 Å². The van der Waals surface area contributed by atoms with Crippen molar-refractivity contribution in [2.24, 2.45) is 0 Å². The number of rotatable bonds is 3. The van der Waals surface area contributed by atoms with Gasteiger partial charge in [-0.2, -0.15) is 9.38 Å². The first-order chi connectivity index (χ1) is 7.09. The number of imidazole rings is 1. The molecule has 80 valence electrons. The Morgan fingerprint density at radius 1 is 1.80 bits per heavy atom. The van der Waals surface area contributed by atoms with Crippen LogP contribution < -0.4 is 0 Å². The summed E-state index contributed by atoms with van der Waals surface area (Å²) in [6.45, 7) is 1.94. The van der Waals surface area contributed by atoms with Crippen LogP contribution in [0.5, 0.6) is 0 Å². The number of alkyl halides is 1. The van der Waals surface area contributed by atoms with E-state index in [1.807, 2.05) is 6.92 Å². The van der Waals surface area contributed by atoms with Crippen LogP contribution in [0.25, 0.3) is 4.96 Å². The van der Waals surface area contributed by atoms with Crippen LogP contribution >= 0.6 is 27.3 Å². The molecular formula is C8H8BrN3O2S. The van der Waals surface area contributed by atoms with Gasteiger partial charge in [-0.15, -0.1) is 0 Å². The van der Waals surface area contributed by atoms with Crippen LogP contribution in [0.2, 0.25) is 0 Å². The molecule has 2 rings (SSSR count). The summed E-state index contributed by atoms with van der Waals surface area (Å²) in [5.41, 5.74) is 0.538. The maximum absolute atomic E-state index is 10.9. The summed E-state index contributed by atoms with van der Waals surface area (Å²) in [5.74, 6) is 0.0811. The second kappa shape index (κ2) is 3.90. The Hall–Kier alpha value is -0.950. The van der Waals surface area contributed by atoms with Crippen LogP contribution in [0.15, 0.2) is 11.6 Å². The molecule has 0 spiro atoms. The van der Waals surface area contributed by atoms with E-state index in [2.05, 4.69) is 20.9 Å². The van der Waals surface area contributed by atoms with E-state index in [4.69, 9.17) is 0 Å². The van der Waals surface area contributed by atoms with Crippen molar-refractivity contribution in [3.63, 3.8) is 0 Å². The molecule has 0 aliphatic rings. The molecule has 5 nitrogen and oxygen atoms in total. The minimum atomic E-state index is -0.378. The summed E-state index contributed by atoms with van der Waals surface area (Å²) >= 11 is 4.77. The molecule has 2 aromatic heterocycles. The van der Waals surface area contributed by atoms with Gasteiger partial charge in [-0.25, -0.2) is 0 Å². The third-order valence-corrected chi connectivity index (χ3v) is 3.03. The number of hydrogen-bond acceptors (Lipinski definition) is 4. The van der Waals surface area contributed by atoms with Crippen LogP contribution in [0.4, 0.5) is 5.82 Å². The number of fused-ring (bicyclic) bond motifs is 1. The van der Waals surface area contributed by atoms with Gasteiger partial charge < -0.3 is 10.1 Å². The van der Waals surface area contributed by atoms with Crippen molar-refractivity contribution in [3.05, 3.63) is 27.4 Å². The fourth-order valence-electron chi connectivity index (χ4n) is 1.42. The highest BCUT2D eigenvalue weighted by Gasteiger charge is 2.23. The van der Waals surface area contributed by atoms with Gasteiger partial charge in [0.1, 0.15) is 11.9 Å². The van der Waals surface area contributed by atoms with Gasteiger partial charge in [0.25, 0.3) is 4.96 Å². The monoisotopic (exact) mass is 289 g/mol. The van der Waals surface area contributed by atoms with Crippen molar-refractivity contribution in [3.8, 4) is 0 Å². The van der Waals surface area contributed by atoms with Crippen LogP contribution in [-0.2, 0) is 6.42 Å². The zero-order valence-electron chi connectivity index (χ0n) is 7.88. The van der Waals surface area contributed by atoms with Gasteiger partial charge in [0.05, 0.1) is 0 Å². The third kappa shape index (κ3) is 1.89. The Kier molecular flexibility index (Phi) is 2.74. The second-order valence-corrected chi connectivity index (χ2v) is 5.62. The summed E-state index contributed by atoms with van der Waals surface area (Å²) in [5, 5.41) is 12.7. The zero-order chi connectivity index (χ0) is 11.0. The summed E-state index contributed by atoms with van der Waals surface area (Å²) in [4.78, 5) is 15.6. The van der Waals surface area contributed by atoms with Gasteiger partial charge in [-0.05, 0) is 4.92 Å². The van der Waals surface area contributed by atoms with E-state index in [1.54, 1.807) is 11.6 Å². The molecule has 0 saturated carbocycles. The van der Waals surface area contributed by atoms with E-state index < -0.39 is 0 Å². The highest BCUT2D eigenvalue weighted by molar-refractivity contribution is 9.09. The Morgan fingerprint density at radius 2 is 2.53 bits per heavy atom. The van der Waals surface area contributed by atoms with Gasteiger partial charge >= 0.3 is 5.82 Å². The molecule has 0 radical (unpaired) electrons. The van der Waals surface area contributed by atoms with Gasteiger partial charge in [-0.1, -0.05) is 34.2 Å². The molecule has 7 heteroatoms. The maximum Gasteiger partial charge on any atom is 0.351 e. The van der Waals surface area contributed by atoms with Crippen molar-refractivity contribution in [1.82, 2.24) is 9.38 Å². The number of aromatic nitrogens is 2. The summed E-state index contributed by atoms with van der Waals surface area (Å²) < 4.78 is 1.52. The predicted octanol–water partition coefficient (Wildman–Crippen LogP) is 2.63. The maximum atomic E-state index is 10.9. The Balaban J connectivity index is 2.57. The Labute approximate surface area is 98.0 Å². The molecule has 0 fully saturated rings. The minimum Gasteiger partial charge on any atom is -0.358 e. The molecule has 0 aliphatic heterocycles. The van der Waals surface area contributed by atoms with Crippen LogP contribution in [0, 0.1) is 10.1 Å². The summed E-state index contributed by atoms with van der Waals surface area (Å²) in [7, 11) is 0. The lowest BCUT2D eigenvalue weighted by atomic mass is 10.2. The molecule has 1 unspecified atom stereocenters.